The van der Waals surface area contributed by atoms with Crippen LogP contribution in [0.4, 0.5) is 18.9 Å². The Morgan fingerprint density at radius 1 is 1.09 bits per heavy atom. The van der Waals surface area contributed by atoms with Crippen molar-refractivity contribution in [1.29, 1.82) is 0 Å². The van der Waals surface area contributed by atoms with E-state index < -0.39 is 12.8 Å². The highest BCUT2D eigenvalue weighted by atomic mass is 19.4. The molecule has 0 atom stereocenters. The zero-order valence-electron chi connectivity index (χ0n) is 19.0. The monoisotopic (exact) mass is 466 g/mol. The quantitative estimate of drug-likeness (QED) is 0.519. The molecule has 33 heavy (non-hydrogen) atoms. The number of rotatable bonds is 11. The number of halogens is 3. The number of amides is 2. The molecule has 2 rings (SSSR count). The van der Waals surface area contributed by atoms with Crippen LogP contribution in [0.15, 0.2) is 42.5 Å². The van der Waals surface area contributed by atoms with Crippen molar-refractivity contribution in [3.8, 4) is 11.5 Å². The summed E-state index contributed by atoms with van der Waals surface area (Å²) in [6.07, 6.45) is -3.27. The second kappa shape index (κ2) is 12.1. The third kappa shape index (κ3) is 8.67. The van der Waals surface area contributed by atoms with Gasteiger partial charge in [-0.3, -0.25) is 9.59 Å². The molecule has 0 fully saturated rings. The van der Waals surface area contributed by atoms with Crippen LogP contribution in [0.1, 0.15) is 30.9 Å². The van der Waals surface area contributed by atoms with Gasteiger partial charge in [0.05, 0.1) is 13.7 Å². The van der Waals surface area contributed by atoms with Gasteiger partial charge < -0.3 is 19.7 Å². The normalized spacial score (nSPS) is 11.1. The molecule has 180 valence electrons. The van der Waals surface area contributed by atoms with Crippen LogP contribution < -0.4 is 14.8 Å². The van der Waals surface area contributed by atoms with Crippen molar-refractivity contribution in [2.75, 3.05) is 32.1 Å². The van der Waals surface area contributed by atoms with Gasteiger partial charge in [0.15, 0.2) is 18.1 Å². The van der Waals surface area contributed by atoms with Crippen LogP contribution in [0.25, 0.3) is 0 Å². The summed E-state index contributed by atoms with van der Waals surface area (Å²) in [6.45, 7) is 2.77. The number of aryl methyl sites for hydroxylation is 2. The summed E-state index contributed by atoms with van der Waals surface area (Å²) in [7, 11) is 1.33. The average molecular weight is 467 g/mol. The van der Waals surface area contributed by atoms with Crippen molar-refractivity contribution in [1.82, 2.24) is 4.90 Å². The summed E-state index contributed by atoms with van der Waals surface area (Å²) < 4.78 is 47.1. The lowest BCUT2D eigenvalue weighted by Gasteiger charge is -2.22. The van der Waals surface area contributed by atoms with Crippen LogP contribution in [0, 0.1) is 6.92 Å². The maximum absolute atomic E-state index is 12.8. The molecule has 0 aliphatic rings. The number of hydrogen-bond acceptors (Lipinski definition) is 4. The van der Waals surface area contributed by atoms with Crippen LogP contribution in [-0.4, -0.2) is 49.7 Å². The molecule has 0 aliphatic heterocycles. The number of para-hydroxylation sites is 1. The van der Waals surface area contributed by atoms with Gasteiger partial charge >= 0.3 is 6.18 Å². The number of anilines is 1. The molecular weight excluding hydrogens is 437 g/mol. The Morgan fingerprint density at radius 3 is 2.45 bits per heavy atom. The number of alkyl halides is 3. The second-order valence-corrected chi connectivity index (χ2v) is 7.57. The number of methoxy groups -OCH3 is 1. The molecule has 1 N–H and O–H groups in total. The van der Waals surface area contributed by atoms with E-state index in [9.17, 15) is 22.8 Å². The van der Waals surface area contributed by atoms with Crippen LogP contribution in [0.2, 0.25) is 0 Å². The topological polar surface area (TPSA) is 67.9 Å². The Morgan fingerprint density at radius 2 is 1.82 bits per heavy atom. The van der Waals surface area contributed by atoms with E-state index in [1.807, 2.05) is 32.0 Å². The van der Waals surface area contributed by atoms with E-state index in [1.54, 1.807) is 18.2 Å². The minimum absolute atomic E-state index is 0.0228. The molecule has 2 aromatic carbocycles. The number of benzene rings is 2. The van der Waals surface area contributed by atoms with Gasteiger partial charge in [0.1, 0.15) is 0 Å². The van der Waals surface area contributed by atoms with Crippen LogP contribution >= 0.6 is 0 Å². The van der Waals surface area contributed by atoms with Gasteiger partial charge in [0.25, 0.3) is 0 Å². The van der Waals surface area contributed by atoms with Gasteiger partial charge in [-0.2, -0.15) is 13.2 Å². The first-order valence-corrected chi connectivity index (χ1v) is 10.6. The fourth-order valence-corrected chi connectivity index (χ4v) is 3.19. The van der Waals surface area contributed by atoms with Gasteiger partial charge in [-0.05, 0) is 49.1 Å². The molecule has 0 aliphatic carbocycles. The highest BCUT2D eigenvalue weighted by Gasteiger charge is 2.29. The van der Waals surface area contributed by atoms with E-state index >= 15 is 0 Å². The molecule has 0 radical (unpaired) electrons. The number of carbonyl (C=O) groups excluding carboxylic acids is 2. The third-order valence-electron chi connectivity index (χ3n) is 4.85. The van der Waals surface area contributed by atoms with E-state index in [2.05, 4.69) is 5.32 Å². The van der Waals surface area contributed by atoms with Crippen molar-refractivity contribution in [2.24, 2.45) is 0 Å². The van der Waals surface area contributed by atoms with E-state index in [0.717, 1.165) is 5.56 Å². The lowest BCUT2D eigenvalue weighted by Crippen LogP contribution is -2.38. The van der Waals surface area contributed by atoms with Crippen molar-refractivity contribution in [2.45, 2.75) is 39.3 Å². The third-order valence-corrected chi connectivity index (χ3v) is 4.85. The van der Waals surface area contributed by atoms with E-state index in [-0.39, 0.29) is 36.3 Å². The fraction of sp³-hybridized carbons (Fsp3) is 0.417. The predicted octanol–water partition coefficient (Wildman–Crippen LogP) is 4.75. The molecule has 6 nitrogen and oxygen atoms in total. The summed E-state index contributed by atoms with van der Waals surface area (Å²) >= 11 is 0. The first-order valence-electron chi connectivity index (χ1n) is 10.6. The smallest absolute Gasteiger partial charge is 0.422 e. The van der Waals surface area contributed by atoms with Crippen LogP contribution in [0.5, 0.6) is 11.5 Å². The Balaban J connectivity index is 1.96. The predicted molar refractivity (Wildman–Crippen MR) is 120 cm³/mol. The molecule has 0 spiro atoms. The number of nitrogens with one attached hydrogen (secondary N) is 1. The van der Waals surface area contributed by atoms with Crippen molar-refractivity contribution < 1.29 is 32.2 Å². The van der Waals surface area contributed by atoms with Gasteiger partial charge in [0, 0.05) is 18.7 Å². The first-order chi connectivity index (χ1) is 15.6. The summed E-state index contributed by atoms with van der Waals surface area (Å²) in [5.41, 5.74) is 2.34. The van der Waals surface area contributed by atoms with Crippen LogP contribution in [0.3, 0.4) is 0 Å². The highest BCUT2D eigenvalue weighted by molar-refractivity contribution is 5.95. The summed E-state index contributed by atoms with van der Waals surface area (Å²) in [4.78, 5) is 26.7. The molecular formula is C24H29F3N2O4. The minimum Gasteiger partial charge on any atom is -0.493 e. The van der Waals surface area contributed by atoms with Crippen molar-refractivity contribution in [3.05, 3.63) is 53.6 Å². The summed E-state index contributed by atoms with van der Waals surface area (Å²) in [5, 5.41) is 2.83. The Hall–Kier alpha value is -3.23. The Kier molecular flexibility index (Phi) is 9.57. The first kappa shape index (κ1) is 26.0. The van der Waals surface area contributed by atoms with E-state index in [4.69, 9.17) is 9.47 Å². The molecule has 9 heteroatoms. The maximum Gasteiger partial charge on any atom is 0.422 e. The maximum atomic E-state index is 12.8. The van der Waals surface area contributed by atoms with Gasteiger partial charge in [0.2, 0.25) is 11.8 Å². The minimum atomic E-state index is -4.45. The highest BCUT2D eigenvalue weighted by Crippen LogP contribution is 2.30. The zero-order chi connectivity index (χ0) is 24.4. The molecule has 0 bridgehead atoms. The molecule has 0 saturated carbocycles. The summed E-state index contributed by atoms with van der Waals surface area (Å²) in [5.74, 6) is -0.329. The standard InChI is InChI=1S/C24H29F3N2O4/c1-4-13-29(15-22(30)28-19-8-6-5-7-17(19)2)23(31)12-10-18-9-11-20(21(14-18)32-3)33-16-24(25,26)27/h5-9,11,14H,4,10,12-13,15-16H2,1-3H3,(H,28,30). The van der Waals surface area contributed by atoms with Crippen LogP contribution in [-0.2, 0) is 16.0 Å². The second-order valence-electron chi connectivity index (χ2n) is 7.57. The Labute approximate surface area is 191 Å². The lowest BCUT2D eigenvalue weighted by molar-refractivity contribution is -0.153. The zero-order valence-corrected chi connectivity index (χ0v) is 19.0. The van der Waals surface area contributed by atoms with Gasteiger partial charge in [-0.1, -0.05) is 31.2 Å². The number of carbonyl (C=O) groups is 2. The summed E-state index contributed by atoms with van der Waals surface area (Å²) in [6, 6.07) is 11.9. The molecule has 2 aromatic rings. The number of nitrogens with zero attached hydrogens (tertiary/aromatic N) is 1. The Bertz CT molecular complexity index is 948. The number of hydrogen-bond donors (Lipinski definition) is 1. The van der Waals surface area contributed by atoms with Crippen molar-refractivity contribution >= 4 is 17.5 Å². The molecule has 2 amide bonds. The molecule has 0 saturated heterocycles. The number of ether oxygens (including phenoxy) is 2. The molecule has 0 aromatic heterocycles. The van der Waals surface area contributed by atoms with Gasteiger partial charge in [-0.25, -0.2) is 0 Å². The SMILES string of the molecule is CCCN(CC(=O)Nc1ccccc1C)C(=O)CCc1ccc(OCC(F)(F)F)c(OC)c1. The largest absolute Gasteiger partial charge is 0.493 e. The van der Waals surface area contributed by atoms with E-state index in [0.29, 0.717) is 30.6 Å². The molecule has 0 heterocycles. The van der Waals surface area contributed by atoms with Gasteiger partial charge in [-0.15, -0.1) is 0 Å². The lowest BCUT2D eigenvalue weighted by atomic mass is 10.1. The average Bonchev–Trinajstić information content (AvgIpc) is 2.77. The van der Waals surface area contributed by atoms with Crippen molar-refractivity contribution in [3.63, 3.8) is 0 Å². The fourth-order valence-electron chi connectivity index (χ4n) is 3.19. The molecule has 0 unspecified atom stereocenters. The van der Waals surface area contributed by atoms with E-state index in [1.165, 1.54) is 18.1 Å².